The van der Waals surface area contributed by atoms with Crippen LogP contribution >= 0.6 is 0 Å². The van der Waals surface area contributed by atoms with Crippen LogP contribution in [0.4, 0.5) is 4.39 Å². The highest BCUT2D eigenvalue weighted by Crippen LogP contribution is 2.66. The van der Waals surface area contributed by atoms with Crippen molar-refractivity contribution in [3.63, 3.8) is 0 Å². The summed E-state index contributed by atoms with van der Waals surface area (Å²) >= 11 is 0. The molecule has 5 rings (SSSR count). The van der Waals surface area contributed by atoms with Gasteiger partial charge in [-0.3, -0.25) is 4.40 Å². The summed E-state index contributed by atoms with van der Waals surface area (Å²) in [5, 5.41) is 8.90. The number of hydrogen-bond donors (Lipinski definition) is 0. The van der Waals surface area contributed by atoms with Gasteiger partial charge in [-0.05, 0) is 42.5 Å². The molecule has 1 fully saturated rings. The van der Waals surface area contributed by atoms with E-state index in [1.165, 1.54) is 30.7 Å². The first-order valence-corrected chi connectivity index (χ1v) is 8.44. The fourth-order valence-corrected chi connectivity index (χ4v) is 4.82. The van der Waals surface area contributed by atoms with Crippen LogP contribution in [-0.2, 0) is 5.41 Å². The highest BCUT2D eigenvalue weighted by Gasteiger charge is 2.61. The molecule has 1 saturated carbocycles. The molecule has 2 heterocycles. The van der Waals surface area contributed by atoms with E-state index in [-0.39, 0.29) is 16.6 Å². The van der Waals surface area contributed by atoms with Crippen LogP contribution in [0.5, 0.6) is 0 Å². The molecule has 0 amide bonds. The predicted molar refractivity (Wildman–Crippen MR) is 89.3 cm³/mol. The van der Waals surface area contributed by atoms with E-state index >= 15 is 0 Å². The van der Waals surface area contributed by atoms with Gasteiger partial charge >= 0.3 is 0 Å². The normalized spacial score (nSPS) is 26.9. The van der Waals surface area contributed by atoms with E-state index < -0.39 is 0 Å². The average molecular weight is 322 g/mol. The van der Waals surface area contributed by atoms with Gasteiger partial charge in [0.15, 0.2) is 0 Å². The van der Waals surface area contributed by atoms with Crippen LogP contribution in [0, 0.1) is 11.2 Å². The molecule has 24 heavy (non-hydrogen) atoms. The van der Waals surface area contributed by atoms with Gasteiger partial charge in [0, 0.05) is 23.1 Å². The number of nitrogens with zero attached hydrogens (tertiary/aromatic N) is 4. The molecule has 4 nitrogen and oxygen atoms in total. The Hall–Kier alpha value is -2.30. The van der Waals surface area contributed by atoms with Crippen LogP contribution in [0.2, 0.25) is 0 Å². The van der Waals surface area contributed by atoms with Crippen LogP contribution in [0.1, 0.15) is 50.9 Å². The third-order valence-corrected chi connectivity index (χ3v) is 6.64. The Morgan fingerprint density at radius 3 is 2.62 bits per heavy atom. The van der Waals surface area contributed by atoms with Crippen LogP contribution in [-0.4, -0.2) is 19.6 Å². The molecule has 0 radical (unpaired) electrons. The molecule has 2 bridgehead atoms. The molecule has 2 aliphatic carbocycles. The lowest BCUT2D eigenvalue weighted by atomic mass is 9.70. The predicted octanol–water partition coefficient (Wildman–Crippen LogP) is 4.11. The number of halogens is 1. The van der Waals surface area contributed by atoms with Gasteiger partial charge in [0.2, 0.25) is 0 Å². The maximum absolute atomic E-state index is 13.2. The zero-order valence-electron chi connectivity index (χ0n) is 14.0. The number of imidazole rings is 1. The molecular formula is C19H19FN4. The summed E-state index contributed by atoms with van der Waals surface area (Å²) in [6, 6.07) is 6.43. The van der Waals surface area contributed by atoms with Crippen molar-refractivity contribution in [2.24, 2.45) is 5.41 Å². The quantitative estimate of drug-likeness (QED) is 0.677. The highest BCUT2D eigenvalue weighted by atomic mass is 19.1. The second-order valence-corrected chi connectivity index (χ2v) is 7.88. The Morgan fingerprint density at radius 2 is 1.88 bits per heavy atom. The number of hydrogen-bond acceptors (Lipinski definition) is 3. The van der Waals surface area contributed by atoms with Gasteiger partial charge in [-0.2, -0.15) is 0 Å². The van der Waals surface area contributed by atoms with Gasteiger partial charge < -0.3 is 0 Å². The second-order valence-electron chi connectivity index (χ2n) is 7.88. The van der Waals surface area contributed by atoms with Crippen molar-refractivity contribution < 1.29 is 4.39 Å². The lowest BCUT2D eigenvalue weighted by Crippen LogP contribution is -2.32. The Labute approximate surface area is 139 Å². The van der Waals surface area contributed by atoms with E-state index in [0.29, 0.717) is 11.7 Å². The SMILES string of the molecule is CC1(C)[C@@H]2CC[C@@]1(C)c1c2nnc2nc(-c3ccc(F)cc3)cn12. The number of rotatable bonds is 1. The van der Waals surface area contributed by atoms with Gasteiger partial charge in [-0.25, -0.2) is 9.37 Å². The van der Waals surface area contributed by atoms with E-state index in [2.05, 4.69) is 40.4 Å². The smallest absolute Gasteiger partial charge is 0.254 e. The molecule has 2 aromatic heterocycles. The van der Waals surface area contributed by atoms with Gasteiger partial charge in [0.05, 0.1) is 17.1 Å². The summed E-state index contributed by atoms with van der Waals surface area (Å²) in [6.07, 6.45) is 4.37. The zero-order valence-corrected chi connectivity index (χ0v) is 14.0. The lowest BCUT2D eigenvalue weighted by Gasteiger charge is -2.34. The first-order valence-electron chi connectivity index (χ1n) is 8.44. The molecule has 0 unspecified atom stereocenters. The monoisotopic (exact) mass is 322 g/mol. The van der Waals surface area contributed by atoms with Crippen molar-refractivity contribution in [2.45, 2.75) is 44.9 Å². The number of fused-ring (bicyclic) bond motifs is 7. The Bertz CT molecular complexity index is 973. The van der Waals surface area contributed by atoms with Crippen LogP contribution in [0.15, 0.2) is 30.5 Å². The van der Waals surface area contributed by atoms with Gasteiger partial charge in [0.1, 0.15) is 5.82 Å². The summed E-state index contributed by atoms with van der Waals surface area (Å²) in [5.74, 6) is 0.846. The Balaban J connectivity index is 1.76. The topological polar surface area (TPSA) is 43.1 Å². The molecular weight excluding hydrogens is 303 g/mol. The third kappa shape index (κ3) is 1.50. The molecule has 3 aromatic rings. The molecule has 0 saturated heterocycles. The third-order valence-electron chi connectivity index (χ3n) is 6.64. The molecule has 5 heteroatoms. The molecule has 122 valence electrons. The molecule has 0 aliphatic heterocycles. The summed E-state index contributed by atoms with van der Waals surface area (Å²) in [6.45, 7) is 7.03. The summed E-state index contributed by atoms with van der Waals surface area (Å²) in [7, 11) is 0. The van der Waals surface area contributed by atoms with Crippen molar-refractivity contribution in [2.75, 3.05) is 0 Å². The van der Waals surface area contributed by atoms with Crippen molar-refractivity contribution in [3.8, 4) is 11.3 Å². The van der Waals surface area contributed by atoms with Crippen LogP contribution in [0.25, 0.3) is 17.0 Å². The second kappa shape index (κ2) is 4.21. The van der Waals surface area contributed by atoms with Crippen molar-refractivity contribution in [1.29, 1.82) is 0 Å². The molecule has 0 spiro atoms. The Kier molecular flexibility index (Phi) is 2.47. The molecule has 2 aliphatic rings. The largest absolute Gasteiger partial charge is 0.284 e. The highest BCUT2D eigenvalue weighted by molar-refractivity contribution is 5.62. The summed E-state index contributed by atoms with van der Waals surface area (Å²) in [5.41, 5.74) is 4.35. The molecule has 1 aromatic carbocycles. The van der Waals surface area contributed by atoms with Crippen molar-refractivity contribution >= 4 is 5.78 Å². The Morgan fingerprint density at radius 1 is 1.12 bits per heavy atom. The minimum Gasteiger partial charge on any atom is -0.284 e. The summed E-state index contributed by atoms with van der Waals surface area (Å²) in [4.78, 5) is 4.62. The minimum atomic E-state index is -0.241. The molecule has 0 N–H and O–H groups in total. The fourth-order valence-electron chi connectivity index (χ4n) is 4.82. The lowest BCUT2D eigenvalue weighted by molar-refractivity contribution is 0.225. The first kappa shape index (κ1) is 14.1. The van der Waals surface area contributed by atoms with Gasteiger partial charge in [-0.1, -0.05) is 20.8 Å². The summed E-state index contributed by atoms with van der Waals surface area (Å²) < 4.78 is 15.3. The van der Waals surface area contributed by atoms with Crippen LogP contribution in [0.3, 0.4) is 0 Å². The van der Waals surface area contributed by atoms with Crippen molar-refractivity contribution in [3.05, 3.63) is 47.7 Å². The number of aromatic nitrogens is 4. The van der Waals surface area contributed by atoms with Crippen molar-refractivity contribution in [1.82, 2.24) is 19.6 Å². The average Bonchev–Trinajstić information content (AvgIpc) is 3.13. The fraction of sp³-hybridized carbons (Fsp3) is 0.421. The maximum atomic E-state index is 13.2. The first-order chi connectivity index (χ1) is 11.4. The molecule has 2 atom stereocenters. The van der Waals surface area contributed by atoms with E-state index in [1.807, 2.05) is 6.20 Å². The zero-order chi connectivity index (χ0) is 16.7. The van der Waals surface area contributed by atoms with E-state index in [1.54, 1.807) is 12.1 Å². The number of benzene rings is 1. The van der Waals surface area contributed by atoms with Gasteiger partial charge in [0.25, 0.3) is 5.78 Å². The van der Waals surface area contributed by atoms with Crippen LogP contribution < -0.4 is 0 Å². The minimum absolute atomic E-state index is 0.0853. The van der Waals surface area contributed by atoms with E-state index in [9.17, 15) is 4.39 Å². The van der Waals surface area contributed by atoms with Gasteiger partial charge in [-0.15, -0.1) is 10.2 Å². The van der Waals surface area contributed by atoms with E-state index in [4.69, 9.17) is 0 Å². The maximum Gasteiger partial charge on any atom is 0.254 e. The standard InChI is InChI=1S/C19H19FN4/c1-18(2)13-8-9-19(18,3)16-15(13)22-23-17-21-14(10-24(16)17)11-4-6-12(20)7-5-11/h4-7,10,13H,8-9H2,1-3H3/t13-,19+/m1/s1. The van der Waals surface area contributed by atoms with E-state index in [0.717, 1.165) is 17.0 Å².